The van der Waals surface area contributed by atoms with Crippen LogP contribution in [-0.2, 0) is 4.74 Å². The van der Waals surface area contributed by atoms with Crippen LogP contribution in [0.5, 0.6) is 0 Å². The van der Waals surface area contributed by atoms with Crippen molar-refractivity contribution in [2.75, 3.05) is 7.11 Å². The van der Waals surface area contributed by atoms with Crippen molar-refractivity contribution in [2.24, 2.45) is 0 Å². The summed E-state index contributed by atoms with van der Waals surface area (Å²) in [5.41, 5.74) is 0.484. The van der Waals surface area contributed by atoms with Gasteiger partial charge in [0.2, 0.25) is 0 Å². The van der Waals surface area contributed by atoms with E-state index in [4.69, 9.17) is 0 Å². The van der Waals surface area contributed by atoms with Crippen LogP contribution < -0.4 is 6.15 Å². The number of H-pyrrole nitrogens is 1. The number of rotatable bonds is 1. The number of methoxy groups -OCH3 is 1. The van der Waals surface area contributed by atoms with Crippen molar-refractivity contribution in [1.29, 1.82) is 0 Å². The van der Waals surface area contributed by atoms with E-state index in [9.17, 15) is 4.79 Å². The second-order valence-corrected chi connectivity index (χ2v) is 1.58. The summed E-state index contributed by atoms with van der Waals surface area (Å²) in [5.74, 6) is -0.333. The van der Waals surface area contributed by atoms with Crippen LogP contribution >= 0.6 is 0 Å². The van der Waals surface area contributed by atoms with Gasteiger partial charge in [0.25, 0.3) is 0 Å². The molecule has 4 heteroatoms. The standard InChI is InChI=1S/C6H7NO2.H3N/c1-9-6(8)5-3-2-4-7-5;/h2-4,7H,1H3;1H3. The third kappa shape index (κ3) is 1.60. The van der Waals surface area contributed by atoms with E-state index in [0.29, 0.717) is 5.69 Å². The minimum Gasteiger partial charge on any atom is -0.464 e. The number of carbonyl (C=O) groups excluding carboxylic acids is 1. The van der Waals surface area contributed by atoms with Gasteiger partial charge in [0.1, 0.15) is 5.69 Å². The predicted molar refractivity (Wildman–Crippen MR) is 37.2 cm³/mol. The van der Waals surface area contributed by atoms with Gasteiger partial charge in [-0.1, -0.05) is 0 Å². The van der Waals surface area contributed by atoms with Crippen molar-refractivity contribution in [3.05, 3.63) is 24.0 Å². The fraction of sp³-hybridized carbons (Fsp3) is 0.167. The first kappa shape index (κ1) is 8.71. The number of ether oxygens (including phenoxy) is 1. The molecule has 0 aromatic carbocycles. The van der Waals surface area contributed by atoms with Crippen LogP contribution in [0.25, 0.3) is 0 Å². The van der Waals surface area contributed by atoms with E-state index in [1.54, 1.807) is 18.3 Å². The van der Waals surface area contributed by atoms with Gasteiger partial charge in [-0.3, -0.25) is 0 Å². The second-order valence-electron chi connectivity index (χ2n) is 1.58. The fourth-order valence-corrected chi connectivity index (χ4v) is 0.567. The van der Waals surface area contributed by atoms with Gasteiger partial charge in [0, 0.05) is 6.20 Å². The maximum absolute atomic E-state index is 10.6. The van der Waals surface area contributed by atoms with E-state index in [2.05, 4.69) is 9.72 Å². The molecule has 0 saturated heterocycles. The van der Waals surface area contributed by atoms with E-state index in [1.165, 1.54) is 7.11 Å². The Morgan fingerprint density at radius 3 is 2.80 bits per heavy atom. The molecular formula is C6H10N2O2. The monoisotopic (exact) mass is 142 g/mol. The minimum absolute atomic E-state index is 0. The molecule has 4 N–H and O–H groups in total. The van der Waals surface area contributed by atoms with Crippen molar-refractivity contribution >= 4 is 5.97 Å². The Balaban J connectivity index is 0.000000810. The van der Waals surface area contributed by atoms with E-state index in [-0.39, 0.29) is 12.1 Å². The molecule has 0 amide bonds. The van der Waals surface area contributed by atoms with E-state index < -0.39 is 0 Å². The fourth-order valence-electron chi connectivity index (χ4n) is 0.567. The number of carbonyl (C=O) groups is 1. The van der Waals surface area contributed by atoms with Gasteiger partial charge in [-0.15, -0.1) is 0 Å². The second kappa shape index (κ2) is 3.68. The molecule has 1 aromatic rings. The highest BCUT2D eigenvalue weighted by atomic mass is 16.5. The molecule has 0 aliphatic heterocycles. The molecule has 1 heterocycles. The molecule has 0 spiro atoms. The summed E-state index contributed by atoms with van der Waals surface area (Å²) in [6, 6.07) is 3.40. The quantitative estimate of drug-likeness (QED) is 0.573. The van der Waals surface area contributed by atoms with E-state index >= 15 is 0 Å². The smallest absolute Gasteiger partial charge is 0.354 e. The normalized spacial score (nSPS) is 8.10. The molecule has 0 saturated carbocycles. The maximum Gasteiger partial charge on any atom is 0.354 e. The Bertz CT molecular complexity index is 194. The lowest BCUT2D eigenvalue weighted by Crippen LogP contribution is -2.00. The Labute approximate surface area is 58.8 Å². The Hall–Kier alpha value is -1.29. The third-order valence-corrected chi connectivity index (χ3v) is 1.00. The van der Waals surface area contributed by atoms with Crippen LogP contribution in [0.2, 0.25) is 0 Å². The number of aromatic amines is 1. The van der Waals surface area contributed by atoms with Crippen LogP contribution in [0.3, 0.4) is 0 Å². The SMILES string of the molecule is COC(=O)c1ccc[nH]1.N. The molecule has 1 rings (SSSR count). The highest BCUT2D eigenvalue weighted by molar-refractivity contribution is 5.87. The molecular weight excluding hydrogens is 132 g/mol. The number of esters is 1. The zero-order valence-corrected chi connectivity index (χ0v) is 5.76. The summed E-state index contributed by atoms with van der Waals surface area (Å²) in [7, 11) is 1.35. The number of aromatic nitrogens is 1. The first-order valence-corrected chi connectivity index (χ1v) is 2.56. The zero-order chi connectivity index (χ0) is 6.69. The zero-order valence-electron chi connectivity index (χ0n) is 5.76. The number of hydrogen-bond acceptors (Lipinski definition) is 3. The Kier molecular flexibility index (Phi) is 3.21. The van der Waals surface area contributed by atoms with Crippen molar-refractivity contribution in [3.63, 3.8) is 0 Å². The predicted octanol–water partition coefficient (Wildman–Crippen LogP) is 0.963. The van der Waals surface area contributed by atoms with Crippen LogP contribution in [-0.4, -0.2) is 18.1 Å². The molecule has 0 unspecified atom stereocenters. The summed E-state index contributed by atoms with van der Waals surface area (Å²) in [6.07, 6.45) is 1.67. The molecule has 10 heavy (non-hydrogen) atoms. The van der Waals surface area contributed by atoms with Gasteiger partial charge in [-0.25, -0.2) is 4.79 Å². The number of hydrogen-bond donors (Lipinski definition) is 2. The van der Waals surface area contributed by atoms with Gasteiger partial charge in [0.05, 0.1) is 7.11 Å². The van der Waals surface area contributed by atoms with Crippen molar-refractivity contribution in [2.45, 2.75) is 0 Å². The topological polar surface area (TPSA) is 77.1 Å². The molecule has 1 aromatic heterocycles. The van der Waals surface area contributed by atoms with Gasteiger partial charge >= 0.3 is 5.97 Å². The molecule has 0 aliphatic rings. The largest absolute Gasteiger partial charge is 0.464 e. The van der Waals surface area contributed by atoms with E-state index in [0.717, 1.165) is 0 Å². The third-order valence-electron chi connectivity index (χ3n) is 1.00. The Morgan fingerprint density at radius 2 is 2.40 bits per heavy atom. The highest BCUT2D eigenvalue weighted by Crippen LogP contribution is 1.94. The number of nitrogens with one attached hydrogen (secondary N) is 1. The summed E-state index contributed by atoms with van der Waals surface area (Å²) in [6.45, 7) is 0. The molecule has 56 valence electrons. The lowest BCUT2D eigenvalue weighted by molar-refractivity contribution is 0.0595. The summed E-state index contributed by atoms with van der Waals surface area (Å²) in [4.78, 5) is 13.3. The minimum atomic E-state index is -0.333. The van der Waals surface area contributed by atoms with Crippen molar-refractivity contribution < 1.29 is 9.53 Å². The molecule has 0 bridgehead atoms. The Morgan fingerprint density at radius 1 is 1.70 bits per heavy atom. The van der Waals surface area contributed by atoms with Crippen molar-refractivity contribution in [3.8, 4) is 0 Å². The average Bonchev–Trinajstić information content (AvgIpc) is 2.37. The first-order chi connectivity index (χ1) is 4.34. The van der Waals surface area contributed by atoms with Gasteiger partial charge < -0.3 is 15.9 Å². The lowest BCUT2D eigenvalue weighted by Gasteiger charge is -1.91. The summed E-state index contributed by atoms with van der Waals surface area (Å²) in [5, 5.41) is 0. The van der Waals surface area contributed by atoms with E-state index in [1.807, 2.05) is 0 Å². The van der Waals surface area contributed by atoms with Crippen LogP contribution in [0.1, 0.15) is 10.5 Å². The lowest BCUT2D eigenvalue weighted by atomic mass is 10.4. The molecule has 0 aliphatic carbocycles. The van der Waals surface area contributed by atoms with Gasteiger partial charge in [-0.05, 0) is 12.1 Å². The van der Waals surface area contributed by atoms with Crippen molar-refractivity contribution in [1.82, 2.24) is 11.1 Å². The van der Waals surface area contributed by atoms with Crippen LogP contribution in [0.15, 0.2) is 18.3 Å². The summed E-state index contributed by atoms with van der Waals surface area (Å²) < 4.78 is 4.42. The van der Waals surface area contributed by atoms with Gasteiger partial charge in [-0.2, -0.15) is 0 Å². The summed E-state index contributed by atoms with van der Waals surface area (Å²) >= 11 is 0. The van der Waals surface area contributed by atoms with Crippen LogP contribution in [0.4, 0.5) is 0 Å². The van der Waals surface area contributed by atoms with Crippen LogP contribution in [0, 0.1) is 0 Å². The highest BCUT2D eigenvalue weighted by Gasteiger charge is 2.02. The molecule has 0 atom stereocenters. The molecule has 4 nitrogen and oxygen atoms in total. The average molecular weight is 142 g/mol. The molecule has 0 fully saturated rings. The van der Waals surface area contributed by atoms with Gasteiger partial charge in [0.15, 0.2) is 0 Å². The molecule has 0 radical (unpaired) electrons. The maximum atomic E-state index is 10.6. The first-order valence-electron chi connectivity index (χ1n) is 2.56.